The molecule has 0 saturated carbocycles. The molecule has 0 radical (unpaired) electrons. The summed E-state index contributed by atoms with van der Waals surface area (Å²) in [6, 6.07) is 19.8. The number of benzene rings is 2. The minimum atomic E-state index is -0.860. The van der Waals surface area contributed by atoms with Gasteiger partial charge >= 0.3 is 0 Å². The van der Waals surface area contributed by atoms with Crippen LogP contribution >= 0.6 is 0 Å². The van der Waals surface area contributed by atoms with Crippen LogP contribution in [0.2, 0.25) is 0 Å². The first-order valence-corrected chi connectivity index (χ1v) is 9.17. The first kappa shape index (κ1) is 18.5. The monoisotopic (exact) mass is 388 g/mol. The second kappa shape index (κ2) is 7.63. The molecule has 7 nitrogen and oxygen atoms in total. The van der Waals surface area contributed by atoms with E-state index in [1.807, 2.05) is 55.5 Å². The summed E-state index contributed by atoms with van der Waals surface area (Å²) < 4.78 is 5.89. The van der Waals surface area contributed by atoms with E-state index in [0.717, 1.165) is 5.56 Å². The summed E-state index contributed by atoms with van der Waals surface area (Å²) in [6.07, 6.45) is -0.860. The number of aromatic nitrogens is 1. The Bertz CT molecular complexity index is 1070. The summed E-state index contributed by atoms with van der Waals surface area (Å²) in [4.78, 5) is 31.4. The lowest BCUT2D eigenvalue weighted by molar-refractivity contribution is -0.128. The van der Waals surface area contributed by atoms with Crippen LogP contribution in [0.1, 0.15) is 17.2 Å². The summed E-state index contributed by atoms with van der Waals surface area (Å²) in [5, 5.41) is 2.82. The fourth-order valence-electron chi connectivity index (χ4n) is 3.22. The van der Waals surface area contributed by atoms with Crippen LogP contribution in [0.3, 0.4) is 0 Å². The third kappa shape index (κ3) is 3.89. The molecule has 1 aromatic heterocycles. The van der Waals surface area contributed by atoms with Gasteiger partial charge in [-0.15, -0.1) is 0 Å². The number of amides is 2. The van der Waals surface area contributed by atoms with Crippen molar-refractivity contribution in [3.8, 4) is 5.75 Å². The number of anilines is 3. The topological polar surface area (TPSA) is 97.5 Å². The third-order valence-corrected chi connectivity index (χ3v) is 4.56. The fraction of sp³-hybridized carbons (Fsp3) is 0.136. The molecule has 2 amide bonds. The Balaban J connectivity index is 1.63. The lowest BCUT2D eigenvalue weighted by atomic mass is 10.1. The number of carbonyl (C=O) groups excluding carboxylic acids is 2. The van der Waals surface area contributed by atoms with E-state index in [0.29, 0.717) is 17.0 Å². The number of nitrogens with two attached hydrogens (primary N) is 1. The number of ether oxygens (including phenoxy) is 1. The van der Waals surface area contributed by atoms with Crippen molar-refractivity contribution in [2.24, 2.45) is 0 Å². The molecule has 1 atom stereocenters. The molecular weight excluding hydrogens is 368 g/mol. The highest BCUT2D eigenvalue weighted by molar-refractivity contribution is 6.06. The van der Waals surface area contributed by atoms with Gasteiger partial charge in [-0.2, -0.15) is 0 Å². The minimum absolute atomic E-state index is 0.205. The molecule has 4 rings (SSSR count). The zero-order valence-electron chi connectivity index (χ0n) is 15.8. The maximum atomic E-state index is 13.2. The van der Waals surface area contributed by atoms with E-state index < -0.39 is 6.10 Å². The highest BCUT2D eigenvalue weighted by Gasteiger charge is 2.37. The van der Waals surface area contributed by atoms with Gasteiger partial charge < -0.3 is 15.8 Å². The smallest absolute Gasteiger partial charge is 0.274 e. The van der Waals surface area contributed by atoms with Crippen LogP contribution in [0.4, 0.5) is 17.3 Å². The molecule has 0 spiro atoms. The van der Waals surface area contributed by atoms with Crippen molar-refractivity contribution >= 4 is 29.1 Å². The van der Waals surface area contributed by atoms with Crippen LogP contribution in [0.25, 0.3) is 0 Å². The van der Waals surface area contributed by atoms with Crippen molar-refractivity contribution in [3.05, 3.63) is 77.9 Å². The number of fused-ring (bicyclic) bond motifs is 1. The van der Waals surface area contributed by atoms with E-state index >= 15 is 0 Å². The quantitative estimate of drug-likeness (QED) is 0.716. The number of nitrogens with one attached hydrogen (secondary N) is 1. The summed E-state index contributed by atoms with van der Waals surface area (Å²) in [5.41, 5.74) is 8.18. The summed E-state index contributed by atoms with van der Waals surface area (Å²) in [5.74, 6) is 0.161. The zero-order chi connectivity index (χ0) is 20.4. The predicted octanol–water partition coefficient (Wildman–Crippen LogP) is 3.08. The van der Waals surface area contributed by atoms with E-state index in [2.05, 4.69) is 10.3 Å². The van der Waals surface area contributed by atoms with Gasteiger partial charge in [0.25, 0.3) is 5.91 Å². The SMILES string of the molecule is Cc1cccc(NC(=O)CN2C(=O)C(c3ccccc3)Oc3ccc(N)nc32)c1. The van der Waals surface area contributed by atoms with Gasteiger partial charge in [0.1, 0.15) is 12.4 Å². The van der Waals surface area contributed by atoms with Crippen LogP contribution in [-0.2, 0) is 9.59 Å². The van der Waals surface area contributed by atoms with Gasteiger partial charge in [-0.1, -0.05) is 42.5 Å². The van der Waals surface area contributed by atoms with Crippen molar-refractivity contribution in [3.63, 3.8) is 0 Å². The second-order valence-electron chi connectivity index (χ2n) is 6.81. The Morgan fingerprint density at radius 2 is 1.93 bits per heavy atom. The number of nitrogen functional groups attached to an aromatic ring is 1. The molecule has 1 unspecified atom stereocenters. The van der Waals surface area contributed by atoms with Gasteiger partial charge in [0.15, 0.2) is 11.6 Å². The van der Waals surface area contributed by atoms with Gasteiger partial charge in [-0.3, -0.25) is 14.5 Å². The van der Waals surface area contributed by atoms with Crippen LogP contribution in [0.5, 0.6) is 5.75 Å². The van der Waals surface area contributed by atoms with Gasteiger partial charge in [-0.25, -0.2) is 4.98 Å². The van der Waals surface area contributed by atoms with Crippen molar-refractivity contribution in [2.75, 3.05) is 22.5 Å². The Hall–Kier alpha value is -3.87. The van der Waals surface area contributed by atoms with Gasteiger partial charge in [-0.05, 0) is 36.8 Å². The second-order valence-corrected chi connectivity index (χ2v) is 6.81. The highest BCUT2D eigenvalue weighted by atomic mass is 16.5. The van der Waals surface area contributed by atoms with Crippen molar-refractivity contribution in [2.45, 2.75) is 13.0 Å². The van der Waals surface area contributed by atoms with E-state index in [1.165, 1.54) is 4.90 Å². The third-order valence-electron chi connectivity index (χ3n) is 4.56. The number of carbonyl (C=O) groups is 2. The summed E-state index contributed by atoms with van der Waals surface area (Å²) >= 11 is 0. The van der Waals surface area contributed by atoms with Crippen molar-refractivity contribution < 1.29 is 14.3 Å². The first-order valence-electron chi connectivity index (χ1n) is 9.17. The molecule has 0 saturated heterocycles. The van der Waals surface area contributed by atoms with Gasteiger partial charge in [0.05, 0.1) is 0 Å². The molecule has 29 heavy (non-hydrogen) atoms. The number of hydrogen-bond donors (Lipinski definition) is 2. The molecule has 1 aliphatic heterocycles. The van der Waals surface area contributed by atoms with E-state index in [1.54, 1.807) is 18.2 Å². The number of aryl methyl sites for hydroxylation is 1. The molecule has 2 aromatic carbocycles. The zero-order valence-corrected chi connectivity index (χ0v) is 15.8. The van der Waals surface area contributed by atoms with Crippen LogP contribution in [-0.4, -0.2) is 23.3 Å². The highest BCUT2D eigenvalue weighted by Crippen LogP contribution is 2.37. The Kier molecular flexibility index (Phi) is 4.87. The standard InChI is InChI=1S/C22H20N4O3/c1-14-6-5-9-16(12-14)24-19(27)13-26-21-17(10-11-18(23)25-21)29-20(22(26)28)15-7-3-2-4-8-15/h2-12,20H,13H2,1H3,(H2,23,25)(H,24,27). The van der Waals surface area contributed by atoms with E-state index in [-0.39, 0.29) is 30.0 Å². The number of hydrogen-bond acceptors (Lipinski definition) is 5. The molecule has 3 N–H and O–H groups in total. The predicted molar refractivity (Wildman–Crippen MR) is 111 cm³/mol. The van der Waals surface area contributed by atoms with Gasteiger partial charge in [0.2, 0.25) is 12.0 Å². The Labute approximate surface area is 168 Å². The Morgan fingerprint density at radius 3 is 2.69 bits per heavy atom. The first-order chi connectivity index (χ1) is 14.0. The molecule has 0 bridgehead atoms. The average molecular weight is 388 g/mol. The van der Waals surface area contributed by atoms with Crippen LogP contribution in [0.15, 0.2) is 66.7 Å². The summed E-state index contributed by atoms with van der Waals surface area (Å²) in [7, 11) is 0. The maximum absolute atomic E-state index is 13.2. The average Bonchev–Trinajstić information content (AvgIpc) is 2.71. The molecule has 0 aliphatic carbocycles. The molecule has 0 fully saturated rings. The largest absolute Gasteiger partial charge is 0.472 e. The number of nitrogens with zero attached hydrogens (tertiary/aromatic N) is 2. The van der Waals surface area contributed by atoms with Gasteiger partial charge in [0, 0.05) is 11.3 Å². The Morgan fingerprint density at radius 1 is 1.14 bits per heavy atom. The van der Waals surface area contributed by atoms with Crippen LogP contribution in [0, 0.1) is 6.92 Å². The maximum Gasteiger partial charge on any atom is 0.274 e. The summed E-state index contributed by atoms with van der Waals surface area (Å²) in [6.45, 7) is 1.73. The fourth-order valence-corrected chi connectivity index (χ4v) is 3.22. The number of pyridine rings is 1. The molecular formula is C22H20N4O3. The molecule has 1 aliphatic rings. The van der Waals surface area contributed by atoms with Crippen LogP contribution < -0.4 is 20.7 Å². The lowest BCUT2D eigenvalue weighted by Gasteiger charge is -2.33. The molecule has 7 heteroatoms. The lowest BCUT2D eigenvalue weighted by Crippen LogP contribution is -2.45. The molecule has 146 valence electrons. The molecule has 2 heterocycles. The minimum Gasteiger partial charge on any atom is -0.472 e. The van der Waals surface area contributed by atoms with Crippen molar-refractivity contribution in [1.29, 1.82) is 0 Å². The van der Waals surface area contributed by atoms with E-state index in [9.17, 15) is 9.59 Å². The van der Waals surface area contributed by atoms with E-state index in [4.69, 9.17) is 10.5 Å². The van der Waals surface area contributed by atoms with Crippen molar-refractivity contribution in [1.82, 2.24) is 4.98 Å². The normalized spacial score (nSPS) is 15.4. The molecule has 3 aromatic rings. The number of rotatable bonds is 4.